The Labute approximate surface area is 109 Å². The zero-order chi connectivity index (χ0) is 11.5. The molecule has 2 N–H and O–H groups in total. The van der Waals surface area contributed by atoms with Gasteiger partial charge in [0.15, 0.2) is 5.82 Å². The number of rotatable bonds is 3. The maximum Gasteiger partial charge on any atom is 0.243 e. The SMILES string of the molecule is CC(C)[C@@H](N)c1nc(C2CCCCC2)no1.Cl. The minimum atomic E-state index is -0.134. The van der Waals surface area contributed by atoms with Crippen LogP contribution in [0.25, 0.3) is 0 Å². The summed E-state index contributed by atoms with van der Waals surface area (Å²) in [6, 6.07) is -0.134. The summed E-state index contributed by atoms with van der Waals surface area (Å²) in [6.07, 6.45) is 6.29. The van der Waals surface area contributed by atoms with Gasteiger partial charge in [0.1, 0.15) is 0 Å². The van der Waals surface area contributed by atoms with E-state index in [9.17, 15) is 0 Å². The van der Waals surface area contributed by atoms with E-state index >= 15 is 0 Å². The fourth-order valence-corrected chi connectivity index (χ4v) is 2.19. The molecular formula is C12H22ClN3O. The highest BCUT2D eigenvalue weighted by molar-refractivity contribution is 5.85. The first-order valence-electron chi connectivity index (χ1n) is 6.27. The lowest BCUT2D eigenvalue weighted by molar-refractivity contribution is 0.317. The number of hydrogen-bond acceptors (Lipinski definition) is 4. The molecule has 17 heavy (non-hydrogen) atoms. The van der Waals surface area contributed by atoms with Crippen molar-refractivity contribution >= 4 is 12.4 Å². The monoisotopic (exact) mass is 259 g/mol. The highest BCUT2D eigenvalue weighted by Crippen LogP contribution is 2.31. The highest BCUT2D eigenvalue weighted by Gasteiger charge is 2.23. The second-order valence-electron chi connectivity index (χ2n) is 5.10. The Bertz CT molecular complexity index is 334. The molecule has 1 atom stereocenters. The number of nitrogens with two attached hydrogens (primary N) is 1. The van der Waals surface area contributed by atoms with Gasteiger partial charge in [0.25, 0.3) is 0 Å². The summed E-state index contributed by atoms with van der Waals surface area (Å²) in [6.45, 7) is 4.13. The zero-order valence-corrected chi connectivity index (χ0v) is 11.4. The van der Waals surface area contributed by atoms with Crippen molar-refractivity contribution in [3.8, 4) is 0 Å². The average molecular weight is 260 g/mol. The first kappa shape index (κ1) is 14.5. The second kappa shape index (κ2) is 6.36. The van der Waals surface area contributed by atoms with Crippen LogP contribution in [0.4, 0.5) is 0 Å². The smallest absolute Gasteiger partial charge is 0.243 e. The molecule has 0 spiro atoms. The van der Waals surface area contributed by atoms with Crippen LogP contribution in [0.15, 0.2) is 4.52 Å². The first-order chi connectivity index (χ1) is 7.68. The van der Waals surface area contributed by atoms with Crippen LogP contribution in [-0.4, -0.2) is 10.1 Å². The fraction of sp³-hybridized carbons (Fsp3) is 0.833. The molecule has 1 heterocycles. The Hall–Kier alpha value is -0.610. The number of nitrogens with zero attached hydrogens (tertiary/aromatic N) is 2. The van der Waals surface area contributed by atoms with Gasteiger partial charge in [0, 0.05) is 5.92 Å². The summed E-state index contributed by atoms with van der Waals surface area (Å²) < 4.78 is 5.25. The summed E-state index contributed by atoms with van der Waals surface area (Å²) >= 11 is 0. The normalized spacial score (nSPS) is 19.1. The molecule has 2 rings (SSSR count). The van der Waals surface area contributed by atoms with E-state index in [1.807, 2.05) is 0 Å². The van der Waals surface area contributed by atoms with Crippen molar-refractivity contribution in [2.75, 3.05) is 0 Å². The van der Waals surface area contributed by atoms with Crippen molar-refractivity contribution in [1.29, 1.82) is 0 Å². The molecule has 1 aliphatic rings. The van der Waals surface area contributed by atoms with E-state index in [0.717, 1.165) is 5.82 Å². The van der Waals surface area contributed by atoms with Gasteiger partial charge >= 0.3 is 0 Å². The topological polar surface area (TPSA) is 64.9 Å². The summed E-state index contributed by atoms with van der Waals surface area (Å²) in [4.78, 5) is 4.45. The third kappa shape index (κ3) is 3.42. The minimum absolute atomic E-state index is 0. The molecule has 98 valence electrons. The maximum absolute atomic E-state index is 5.98. The van der Waals surface area contributed by atoms with Gasteiger partial charge in [0.2, 0.25) is 5.89 Å². The molecule has 5 heteroatoms. The molecule has 0 aromatic carbocycles. The van der Waals surface area contributed by atoms with Gasteiger partial charge in [-0.2, -0.15) is 4.98 Å². The molecule has 1 aromatic heterocycles. The van der Waals surface area contributed by atoms with Crippen molar-refractivity contribution in [1.82, 2.24) is 10.1 Å². The molecule has 1 aliphatic carbocycles. The molecule has 0 unspecified atom stereocenters. The van der Waals surface area contributed by atoms with E-state index in [1.54, 1.807) is 0 Å². The molecular weight excluding hydrogens is 238 g/mol. The summed E-state index contributed by atoms with van der Waals surface area (Å²) in [7, 11) is 0. The molecule has 4 nitrogen and oxygen atoms in total. The van der Waals surface area contributed by atoms with Gasteiger partial charge in [-0.05, 0) is 18.8 Å². The molecule has 0 amide bonds. The van der Waals surface area contributed by atoms with E-state index in [-0.39, 0.29) is 18.4 Å². The Morgan fingerprint density at radius 3 is 2.47 bits per heavy atom. The summed E-state index contributed by atoms with van der Waals surface area (Å²) in [5.41, 5.74) is 5.98. The lowest BCUT2D eigenvalue weighted by Crippen LogP contribution is -2.17. The average Bonchev–Trinajstić information content (AvgIpc) is 2.78. The third-order valence-corrected chi connectivity index (χ3v) is 3.43. The molecule has 0 radical (unpaired) electrons. The predicted molar refractivity (Wildman–Crippen MR) is 69.1 cm³/mol. The third-order valence-electron chi connectivity index (χ3n) is 3.43. The predicted octanol–water partition coefficient (Wildman–Crippen LogP) is 3.19. The molecule has 1 aromatic rings. The molecule has 0 aliphatic heterocycles. The van der Waals surface area contributed by atoms with Crippen molar-refractivity contribution in [2.45, 2.75) is 57.9 Å². The van der Waals surface area contributed by atoms with Crippen LogP contribution in [0.3, 0.4) is 0 Å². The van der Waals surface area contributed by atoms with E-state index in [2.05, 4.69) is 24.0 Å². The van der Waals surface area contributed by atoms with E-state index < -0.39 is 0 Å². The Morgan fingerprint density at radius 1 is 1.24 bits per heavy atom. The lowest BCUT2D eigenvalue weighted by atomic mass is 9.89. The highest BCUT2D eigenvalue weighted by atomic mass is 35.5. The van der Waals surface area contributed by atoms with Gasteiger partial charge in [-0.1, -0.05) is 38.3 Å². The van der Waals surface area contributed by atoms with Crippen LogP contribution in [0.2, 0.25) is 0 Å². The molecule has 1 saturated carbocycles. The van der Waals surface area contributed by atoms with Crippen molar-refractivity contribution in [3.05, 3.63) is 11.7 Å². The van der Waals surface area contributed by atoms with Crippen LogP contribution < -0.4 is 5.73 Å². The van der Waals surface area contributed by atoms with Gasteiger partial charge in [-0.15, -0.1) is 12.4 Å². The molecule has 1 fully saturated rings. The Kier molecular flexibility index (Phi) is 5.40. The van der Waals surface area contributed by atoms with E-state index in [1.165, 1.54) is 32.1 Å². The summed E-state index contributed by atoms with van der Waals surface area (Å²) in [5.74, 6) is 2.28. The van der Waals surface area contributed by atoms with Crippen LogP contribution >= 0.6 is 12.4 Å². The van der Waals surface area contributed by atoms with Crippen molar-refractivity contribution in [3.63, 3.8) is 0 Å². The largest absolute Gasteiger partial charge is 0.338 e. The zero-order valence-electron chi connectivity index (χ0n) is 10.6. The van der Waals surface area contributed by atoms with Crippen LogP contribution in [0.1, 0.15) is 69.6 Å². The molecule has 0 bridgehead atoms. The van der Waals surface area contributed by atoms with Crippen molar-refractivity contribution in [2.24, 2.45) is 11.7 Å². The number of hydrogen-bond donors (Lipinski definition) is 1. The maximum atomic E-state index is 5.98. The Balaban J connectivity index is 0.00000144. The van der Waals surface area contributed by atoms with Gasteiger partial charge in [-0.3, -0.25) is 0 Å². The van der Waals surface area contributed by atoms with Gasteiger partial charge in [-0.25, -0.2) is 0 Å². The van der Waals surface area contributed by atoms with E-state index in [4.69, 9.17) is 10.3 Å². The number of aromatic nitrogens is 2. The standard InChI is InChI=1S/C12H21N3O.ClH/c1-8(2)10(13)12-14-11(15-16-12)9-6-4-3-5-7-9;/h8-10H,3-7,13H2,1-2H3;1H/t10-;/m1./s1. The Morgan fingerprint density at radius 2 is 1.88 bits per heavy atom. The minimum Gasteiger partial charge on any atom is -0.338 e. The first-order valence-corrected chi connectivity index (χ1v) is 6.27. The number of halogens is 1. The summed E-state index contributed by atoms with van der Waals surface area (Å²) in [5, 5.41) is 4.08. The lowest BCUT2D eigenvalue weighted by Gasteiger charge is -2.17. The fourth-order valence-electron chi connectivity index (χ4n) is 2.19. The van der Waals surface area contributed by atoms with Gasteiger partial charge in [0.05, 0.1) is 6.04 Å². The van der Waals surface area contributed by atoms with Gasteiger partial charge < -0.3 is 10.3 Å². The molecule has 0 saturated heterocycles. The van der Waals surface area contributed by atoms with Crippen LogP contribution in [0.5, 0.6) is 0 Å². The second-order valence-corrected chi connectivity index (χ2v) is 5.10. The van der Waals surface area contributed by atoms with E-state index in [0.29, 0.717) is 17.7 Å². The van der Waals surface area contributed by atoms with Crippen LogP contribution in [-0.2, 0) is 0 Å². The quantitative estimate of drug-likeness (QED) is 0.905. The van der Waals surface area contributed by atoms with Crippen molar-refractivity contribution < 1.29 is 4.52 Å². The van der Waals surface area contributed by atoms with Crippen LogP contribution in [0, 0.1) is 5.92 Å².